The molecule has 1 saturated carbocycles. The fraction of sp³-hybridized carbons (Fsp3) is 0.688. The van der Waals surface area contributed by atoms with Gasteiger partial charge in [-0.2, -0.15) is 0 Å². The largest absolute Gasteiger partial charge is 0.481 e. The Balaban J connectivity index is 1.86. The average molecular weight is 289 g/mol. The van der Waals surface area contributed by atoms with Crippen LogP contribution in [0.4, 0.5) is 5.82 Å². The molecule has 1 aromatic rings. The Kier molecular flexibility index (Phi) is 3.59. The third kappa shape index (κ3) is 2.87. The number of carboxylic acid groups (broad SMARTS) is 1. The molecule has 1 N–H and O–H groups in total. The summed E-state index contributed by atoms with van der Waals surface area (Å²) in [6.45, 7) is 5.31. The van der Waals surface area contributed by atoms with Crippen LogP contribution in [0, 0.1) is 25.2 Å². The summed E-state index contributed by atoms with van der Waals surface area (Å²) in [7, 11) is 0. The second-order valence-electron chi connectivity index (χ2n) is 6.68. The van der Waals surface area contributed by atoms with Gasteiger partial charge in [-0.15, -0.1) is 0 Å². The minimum absolute atomic E-state index is 0.567. The summed E-state index contributed by atoms with van der Waals surface area (Å²) >= 11 is 0. The maximum absolute atomic E-state index is 11.9. The molecule has 1 aliphatic heterocycles. The minimum Gasteiger partial charge on any atom is -0.481 e. The van der Waals surface area contributed by atoms with E-state index in [1.54, 1.807) is 6.20 Å². The summed E-state index contributed by atoms with van der Waals surface area (Å²) in [5.74, 6) is 0.833. The molecule has 0 unspecified atom stereocenters. The standard InChI is InChI=1S/C16H23N3O2/c1-11-9-17-12(2)14(18-11)19-7-3-6-16(10-19,15(20)21)8-13-4-5-13/h9,13H,3-8,10H2,1-2H3,(H,20,21)/t16-/m0/s1. The van der Waals surface area contributed by atoms with Crippen molar-refractivity contribution in [2.75, 3.05) is 18.0 Å². The zero-order valence-corrected chi connectivity index (χ0v) is 12.8. The summed E-state index contributed by atoms with van der Waals surface area (Å²) in [5, 5.41) is 9.79. The molecule has 1 saturated heterocycles. The van der Waals surface area contributed by atoms with E-state index in [0.29, 0.717) is 12.5 Å². The van der Waals surface area contributed by atoms with Crippen LogP contribution in [-0.2, 0) is 4.79 Å². The molecule has 21 heavy (non-hydrogen) atoms. The number of rotatable bonds is 4. The molecule has 3 rings (SSSR count). The van der Waals surface area contributed by atoms with Crippen molar-refractivity contribution in [3.8, 4) is 0 Å². The maximum atomic E-state index is 11.9. The summed E-state index contributed by atoms with van der Waals surface area (Å²) in [4.78, 5) is 23.0. The molecule has 0 radical (unpaired) electrons. The van der Waals surface area contributed by atoms with Crippen LogP contribution in [0.25, 0.3) is 0 Å². The lowest BCUT2D eigenvalue weighted by Gasteiger charge is -2.41. The summed E-state index contributed by atoms with van der Waals surface area (Å²) in [5.41, 5.74) is 1.16. The van der Waals surface area contributed by atoms with Gasteiger partial charge in [-0.1, -0.05) is 12.8 Å². The van der Waals surface area contributed by atoms with Gasteiger partial charge in [-0.25, -0.2) is 4.98 Å². The predicted molar refractivity (Wildman–Crippen MR) is 80.4 cm³/mol. The van der Waals surface area contributed by atoms with Gasteiger partial charge < -0.3 is 10.0 Å². The zero-order chi connectivity index (χ0) is 15.0. The van der Waals surface area contributed by atoms with Crippen molar-refractivity contribution >= 4 is 11.8 Å². The first-order valence-electron chi connectivity index (χ1n) is 7.79. The molecule has 1 aromatic heterocycles. The van der Waals surface area contributed by atoms with E-state index in [9.17, 15) is 9.90 Å². The van der Waals surface area contributed by atoms with E-state index < -0.39 is 11.4 Å². The third-order valence-electron chi connectivity index (χ3n) is 4.76. The normalized spacial score (nSPS) is 25.9. The number of nitrogens with zero attached hydrogens (tertiary/aromatic N) is 3. The van der Waals surface area contributed by atoms with Crippen LogP contribution in [0.1, 0.15) is 43.5 Å². The summed E-state index contributed by atoms with van der Waals surface area (Å²) in [6, 6.07) is 0. The molecule has 2 fully saturated rings. The lowest BCUT2D eigenvalue weighted by Crippen LogP contribution is -2.48. The van der Waals surface area contributed by atoms with Crippen LogP contribution in [0.2, 0.25) is 0 Å². The molecule has 5 heteroatoms. The fourth-order valence-electron chi connectivity index (χ4n) is 3.44. The van der Waals surface area contributed by atoms with Crippen LogP contribution in [0.5, 0.6) is 0 Å². The van der Waals surface area contributed by atoms with Gasteiger partial charge in [0, 0.05) is 19.3 Å². The van der Waals surface area contributed by atoms with E-state index >= 15 is 0 Å². The van der Waals surface area contributed by atoms with Crippen molar-refractivity contribution in [1.82, 2.24) is 9.97 Å². The molecule has 2 heterocycles. The van der Waals surface area contributed by atoms with Crippen molar-refractivity contribution < 1.29 is 9.90 Å². The predicted octanol–water partition coefficient (Wildman–Crippen LogP) is 2.56. The molecule has 1 aliphatic carbocycles. The van der Waals surface area contributed by atoms with E-state index in [-0.39, 0.29) is 0 Å². The number of carboxylic acids is 1. The van der Waals surface area contributed by atoms with Crippen LogP contribution in [0.15, 0.2) is 6.20 Å². The SMILES string of the molecule is Cc1cnc(C)c(N2CCC[C@@](CC3CC3)(C(=O)O)C2)n1. The topological polar surface area (TPSA) is 66.3 Å². The van der Waals surface area contributed by atoms with E-state index in [1.807, 2.05) is 13.8 Å². The molecule has 0 aromatic carbocycles. The van der Waals surface area contributed by atoms with Gasteiger partial charge in [0.05, 0.1) is 16.8 Å². The fourth-order valence-corrected chi connectivity index (χ4v) is 3.44. The van der Waals surface area contributed by atoms with Crippen molar-refractivity contribution in [3.63, 3.8) is 0 Å². The van der Waals surface area contributed by atoms with E-state index in [2.05, 4.69) is 14.9 Å². The highest BCUT2D eigenvalue weighted by atomic mass is 16.4. The molecule has 0 amide bonds. The van der Waals surface area contributed by atoms with Crippen molar-refractivity contribution in [1.29, 1.82) is 0 Å². The minimum atomic E-state index is -0.641. The van der Waals surface area contributed by atoms with Gasteiger partial charge in [0.1, 0.15) is 5.82 Å². The molecule has 5 nitrogen and oxygen atoms in total. The van der Waals surface area contributed by atoms with Gasteiger partial charge in [0.15, 0.2) is 0 Å². The first-order valence-corrected chi connectivity index (χ1v) is 7.79. The Morgan fingerprint density at radius 2 is 2.24 bits per heavy atom. The van der Waals surface area contributed by atoms with Crippen LogP contribution in [-0.4, -0.2) is 34.1 Å². The molecule has 2 aliphatic rings. The second-order valence-corrected chi connectivity index (χ2v) is 6.68. The van der Waals surface area contributed by atoms with E-state index in [1.165, 1.54) is 12.8 Å². The molecule has 0 bridgehead atoms. The summed E-state index contributed by atoms with van der Waals surface area (Å²) < 4.78 is 0. The molecular weight excluding hydrogens is 266 g/mol. The molecule has 0 spiro atoms. The van der Waals surface area contributed by atoms with Gasteiger partial charge >= 0.3 is 5.97 Å². The number of hydrogen-bond donors (Lipinski definition) is 1. The average Bonchev–Trinajstić information content (AvgIpc) is 3.25. The summed E-state index contributed by atoms with van der Waals surface area (Å²) in [6.07, 6.45) is 6.66. The van der Waals surface area contributed by atoms with Crippen molar-refractivity contribution in [2.45, 2.75) is 46.0 Å². The van der Waals surface area contributed by atoms with Gasteiger partial charge in [-0.3, -0.25) is 9.78 Å². The lowest BCUT2D eigenvalue weighted by atomic mass is 9.75. The first-order chi connectivity index (χ1) is 10.00. The molecule has 114 valence electrons. The smallest absolute Gasteiger partial charge is 0.311 e. The Morgan fingerprint density at radius 1 is 1.48 bits per heavy atom. The quantitative estimate of drug-likeness (QED) is 0.922. The molecule has 1 atom stereocenters. The van der Waals surface area contributed by atoms with Gasteiger partial charge in [-0.05, 0) is 39.0 Å². The number of carbonyl (C=O) groups is 1. The number of hydrogen-bond acceptors (Lipinski definition) is 4. The Labute approximate surface area is 125 Å². The van der Waals surface area contributed by atoms with E-state index in [0.717, 1.165) is 43.0 Å². The number of aromatic nitrogens is 2. The van der Waals surface area contributed by atoms with Gasteiger partial charge in [0.2, 0.25) is 0 Å². The second kappa shape index (κ2) is 5.28. The van der Waals surface area contributed by atoms with E-state index in [4.69, 9.17) is 0 Å². The third-order valence-corrected chi connectivity index (χ3v) is 4.76. The van der Waals surface area contributed by atoms with Crippen LogP contribution in [0.3, 0.4) is 0 Å². The first kappa shape index (κ1) is 14.3. The lowest BCUT2D eigenvalue weighted by molar-refractivity contribution is -0.150. The number of aryl methyl sites for hydroxylation is 2. The Bertz CT molecular complexity index is 556. The molecular formula is C16H23N3O2. The number of piperidine rings is 1. The highest BCUT2D eigenvalue weighted by Crippen LogP contribution is 2.45. The van der Waals surface area contributed by atoms with Crippen LogP contribution < -0.4 is 4.90 Å². The number of anilines is 1. The Hall–Kier alpha value is -1.65. The van der Waals surface area contributed by atoms with Gasteiger partial charge in [0.25, 0.3) is 0 Å². The van der Waals surface area contributed by atoms with Crippen molar-refractivity contribution in [3.05, 3.63) is 17.6 Å². The van der Waals surface area contributed by atoms with Crippen LogP contribution >= 0.6 is 0 Å². The highest BCUT2D eigenvalue weighted by molar-refractivity contribution is 5.76. The van der Waals surface area contributed by atoms with Crippen molar-refractivity contribution in [2.24, 2.45) is 11.3 Å². The maximum Gasteiger partial charge on any atom is 0.311 e. The number of aliphatic carboxylic acids is 1. The zero-order valence-electron chi connectivity index (χ0n) is 12.8. The Morgan fingerprint density at radius 3 is 2.90 bits per heavy atom. The monoisotopic (exact) mass is 289 g/mol. The highest BCUT2D eigenvalue weighted by Gasteiger charge is 2.46.